The third-order valence-electron chi connectivity index (χ3n) is 3.50. The number of hydrazine groups is 1. The quantitative estimate of drug-likeness (QED) is 0.705. The van der Waals surface area contributed by atoms with Crippen LogP contribution in [0.2, 0.25) is 0 Å². The topological polar surface area (TPSA) is 50.2 Å². The van der Waals surface area contributed by atoms with E-state index in [4.69, 9.17) is 0 Å². The zero-order chi connectivity index (χ0) is 18.6. The molecule has 0 aliphatic carbocycles. The van der Waals surface area contributed by atoms with Crippen LogP contribution in [0.5, 0.6) is 0 Å². The number of hydrogen-bond acceptors (Lipinski definition) is 3. The van der Waals surface area contributed by atoms with Crippen molar-refractivity contribution in [1.82, 2.24) is 15.2 Å². The van der Waals surface area contributed by atoms with Crippen LogP contribution in [0.25, 0.3) is 0 Å². The van der Waals surface area contributed by atoms with Crippen LogP contribution in [-0.2, 0) is 17.5 Å². The lowest BCUT2D eigenvalue weighted by molar-refractivity contribution is -0.141. The van der Waals surface area contributed by atoms with Gasteiger partial charge in [0.05, 0.1) is 11.4 Å². The molecule has 134 valence electrons. The molecule has 0 atom stereocenters. The molecule has 3 aromatic rings. The van der Waals surface area contributed by atoms with Crippen molar-refractivity contribution in [3.63, 3.8) is 0 Å². The van der Waals surface area contributed by atoms with Gasteiger partial charge in [0.1, 0.15) is 6.54 Å². The monoisotopic (exact) mass is 360 g/mol. The van der Waals surface area contributed by atoms with Crippen LogP contribution in [0.4, 0.5) is 24.5 Å². The predicted octanol–water partition coefficient (Wildman–Crippen LogP) is 3.77. The second kappa shape index (κ2) is 7.30. The number of rotatable bonds is 5. The molecule has 0 fully saturated rings. The van der Waals surface area contributed by atoms with E-state index in [1.807, 2.05) is 60.7 Å². The van der Waals surface area contributed by atoms with Gasteiger partial charge in [0.25, 0.3) is 5.91 Å². The molecular weight excluding hydrogens is 345 g/mol. The van der Waals surface area contributed by atoms with E-state index in [2.05, 4.69) is 10.5 Å². The minimum Gasteiger partial charge on any atom is -0.271 e. The molecule has 0 aliphatic heterocycles. The van der Waals surface area contributed by atoms with Crippen molar-refractivity contribution in [3.8, 4) is 0 Å². The summed E-state index contributed by atoms with van der Waals surface area (Å²) in [6, 6.07) is 19.0. The summed E-state index contributed by atoms with van der Waals surface area (Å²) in [5, 5.41) is 4.95. The first kappa shape index (κ1) is 17.5. The van der Waals surface area contributed by atoms with E-state index in [9.17, 15) is 18.0 Å². The Morgan fingerprint density at radius 1 is 0.962 bits per heavy atom. The highest BCUT2D eigenvalue weighted by Crippen LogP contribution is 2.27. The van der Waals surface area contributed by atoms with Crippen molar-refractivity contribution < 1.29 is 18.0 Å². The number of alkyl halides is 3. The molecular formula is C18H15F3N4O. The van der Waals surface area contributed by atoms with E-state index in [-0.39, 0.29) is 6.54 Å². The van der Waals surface area contributed by atoms with Crippen molar-refractivity contribution in [2.75, 3.05) is 5.01 Å². The number of hydrogen-bond donors (Lipinski definition) is 1. The highest BCUT2D eigenvalue weighted by molar-refractivity contribution is 5.80. The third kappa shape index (κ3) is 4.21. The van der Waals surface area contributed by atoms with E-state index in [0.29, 0.717) is 11.4 Å². The summed E-state index contributed by atoms with van der Waals surface area (Å²) in [6.45, 7) is -0.341. The minimum absolute atomic E-state index is 0.341. The second-order valence-corrected chi connectivity index (χ2v) is 5.44. The molecule has 1 heterocycles. The summed E-state index contributed by atoms with van der Waals surface area (Å²) in [4.78, 5) is 12.3. The number of carbonyl (C=O) groups excluding carboxylic acids is 1. The molecule has 26 heavy (non-hydrogen) atoms. The lowest BCUT2D eigenvalue weighted by Crippen LogP contribution is -2.40. The second-order valence-electron chi connectivity index (χ2n) is 5.44. The van der Waals surface area contributed by atoms with E-state index >= 15 is 0 Å². The Balaban J connectivity index is 1.77. The fourth-order valence-corrected chi connectivity index (χ4v) is 2.34. The maximum absolute atomic E-state index is 12.6. The van der Waals surface area contributed by atoms with Gasteiger partial charge >= 0.3 is 6.18 Å². The number of aromatic nitrogens is 2. The summed E-state index contributed by atoms with van der Waals surface area (Å²) in [7, 11) is 0. The first-order valence-corrected chi connectivity index (χ1v) is 7.74. The molecule has 3 rings (SSSR count). The molecule has 0 saturated heterocycles. The molecule has 0 radical (unpaired) electrons. The molecule has 8 heteroatoms. The van der Waals surface area contributed by atoms with E-state index in [0.717, 1.165) is 16.9 Å². The molecule has 1 amide bonds. The standard InChI is InChI=1S/C18H15F3N4O/c19-18(20,21)16-11-12-24(22-16)13-17(26)23-25(14-7-3-1-4-8-14)15-9-5-2-6-10-15/h1-12H,13H2,(H,23,26). The molecule has 0 bridgehead atoms. The van der Waals surface area contributed by atoms with Crippen LogP contribution >= 0.6 is 0 Å². The van der Waals surface area contributed by atoms with Gasteiger partial charge in [-0.05, 0) is 30.3 Å². The molecule has 0 spiro atoms. The Labute approximate surface area is 147 Å². The molecule has 1 aromatic heterocycles. The number of amides is 1. The van der Waals surface area contributed by atoms with Crippen molar-refractivity contribution in [2.24, 2.45) is 0 Å². The molecule has 0 saturated carbocycles. The summed E-state index contributed by atoms with van der Waals surface area (Å²) in [5.41, 5.74) is 3.09. The summed E-state index contributed by atoms with van der Waals surface area (Å²) < 4.78 is 38.8. The van der Waals surface area contributed by atoms with Crippen LogP contribution in [-0.4, -0.2) is 15.7 Å². The Morgan fingerprint density at radius 2 is 1.50 bits per heavy atom. The number of anilines is 2. The minimum atomic E-state index is -4.54. The Bertz CT molecular complexity index is 823. The van der Waals surface area contributed by atoms with Crippen LogP contribution in [0.1, 0.15) is 5.69 Å². The summed E-state index contributed by atoms with van der Waals surface area (Å²) in [5.74, 6) is -0.505. The van der Waals surface area contributed by atoms with Gasteiger partial charge in [-0.15, -0.1) is 0 Å². The summed E-state index contributed by atoms with van der Waals surface area (Å²) >= 11 is 0. The number of nitrogens with one attached hydrogen (secondary N) is 1. The number of para-hydroxylation sites is 2. The smallest absolute Gasteiger partial charge is 0.271 e. The Morgan fingerprint density at radius 3 is 1.96 bits per heavy atom. The third-order valence-corrected chi connectivity index (χ3v) is 3.50. The van der Waals surface area contributed by atoms with Crippen molar-refractivity contribution >= 4 is 17.3 Å². The highest BCUT2D eigenvalue weighted by Gasteiger charge is 2.33. The first-order chi connectivity index (χ1) is 12.4. The molecule has 0 unspecified atom stereocenters. The maximum atomic E-state index is 12.6. The van der Waals surface area contributed by atoms with Crippen LogP contribution in [0.3, 0.4) is 0 Å². The maximum Gasteiger partial charge on any atom is 0.435 e. The van der Waals surface area contributed by atoms with Crippen molar-refractivity contribution in [3.05, 3.63) is 78.6 Å². The van der Waals surface area contributed by atoms with Crippen LogP contribution < -0.4 is 10.4 Å². The zero-order valence-electron chi connectivity index (χ0n) is 13.5. The first-order valence-electron chi connectivity index (χ1n) is 7.74. The van der Waals surface area contributed by atoms with Gasteiger partial charge in [-0.3, -0.25) is 19.9 Å². The predicted molar refractivity (Wildman–Crippen MR) is 90.4 cm³/mol. The summed E-state index contributed by atoms with van der Waals surface area (Å²) in [6.07, 6.45) is -3.42. The fourth-order valence-electron chi connectivity index (χ4n) is 2.34. The average Bonchev–Trinajstić information content (AvgIpc) is 3.10. The lowest BCUT2D eigenvalue weighted by Gasteiger charge is -2.25. The Kier molecular flexibility index (Phi) is 4.92. The SMILES string of the molecule is O=C(Cn1ccc(C(F)(F)F)n1)NN(c1ccccc1)c1ccccc1. The van der Waals surface area contributed by atoms with Gasteiger partial charge in [0.2, 0.25) is 0 Å². The van der Waals surface area contributed by atoms with Crippen LogP contribution in [0.15, 0.2) is 72.9 Å². The lowest BCUT2D eigenvalue weighted by atomic mass is 10.2. The molecule has 1 N–H and O–H groups in total. The van der Waals surface area contributed by atoms with Gasteiger partial charge < -0.3 is 0 Å². The van der Waals surface area contributed by atoms with E-state index < -0.39 is 17.8 Å². The van der Waals surface area contributed by atoms with E-state index in [1.165, 1.54) is 0 Å². The molecule has 2 aromatic carbocycles. The van der Waals surface area contributed by atoms with Gasteiger partial charge in [-0.2, -0.15) is 18.3 Å². The van der Waals surface area contributed by atoms with Gasteiger partial charge in [-0.1, -0.05) is 36.4 Å². The molecule has 5 nitrogen and oxygen atoms in total. The largest absolute Gasteiger partial charge is 0.435 e. The van der Waals surface area contributed by atoms with Crippen LogP contribution in [0, 0.1) is 0 Å². The normalized spacial score (nSPS) is 11.2. The average molecular weight is 360 g/mol. The van der Waals surface area contributed by atoms with Gasteiger partial charge in [-0.25, -0.2) is 0 Å². The fraction of sp³-hybridized carbons (Fsp3) is 0.111. The Hall–Kier alpha value is -3.29. The van der Waals surface area contributed by atoms with Gasteiger partial charge in [0, 0.05) is 6.20 Å². The number of carbonyl (C=O) groups is 1. The highest BCUT2D eigenvalue weighted by atomic mass is 19.4. The van der Waals surface area contributed by atoms with Crippen molar-refractivity contribution in [1.29, 1.82) is 0 Å². The van der Waals surface area contributed by atoms with Gasteiger partial charge in [0.15, 0.2) is 5.69 Å². The van der Waals surface area contributed by atoms with Crippen molar-refractivity contribution in [2.45, 2.75) is 12.7 Å². The number of nitrogens with zero attached hydrogens (tertiary/aromatic N) is 3. The molecule has 0 aliphatic rings. The number of halogens is 3. The number of benzene rings is 2. The van der Waals surface area contributed by atoms with E-state index in [1.54, 1.807) is 5.01 Å². The zero-order valence-corrected chi connectivity index (χ0v) is 13.5.